The van der Waals surface area contributed by atoms with Gasteiger partial charge in [-0.05, 0) is 31.9 Å². The van der Waals surface area contributed by atoms with Crippen molar-refractivity contribution in [2.24, 2.45) is 0 Å². The predicted octanol–water partition coefficient (Wildman–Crippen LogP) is 2.00. The molecule has 1 aromatic heterocycles. The highest BCUT2D eigenvalue weighted by Gasteiger charge is 2.25. The van der Waals surface area contributed by atoms with Crippen molar-refractivity contribution in [3.8, 4) is 0 Å². The lowest BCUT2D eigenvalue weighted by Gasteiger charge is -2.34. The van der Waals surface area contributed by atoms with E-state index in [1.165, 1.54) is 28.6 Å². The lowest BCUT2D eigenvalue weighted by molar-refractivity contribution is 0.162. The molecule has 1 unspecified atom stereocenters. The normalized spacial score (nSPS) is 18.3. The van der Waals surface area contributed by atoms with Gasteiger partial charge in [0.1, 0.15) is 0 Å². The van der Waals surface area contributed by atoms with E-state index >= 15 is 0 Å². The molecule has 0 amide bonds. The minimum absolute atomic E-state index is 0.180. The minimum atomic E-state index is -3.15. The predicted molar refractivity (Wildman–Crippen MR) is 98.8 cm³/mol. The van der Waals surface area contributed by atoms with Crippen LogP contribution in [0.25, 0.3) is 0 Å². The number of hydrogen-bond acceptors (Lipinski definition) is 4. The fourth-order valence-electron chi connectivity index (χ4n) is 3.63. The highest BCUT2D eigenvalue weighted by molar-refractivity contribution is 7.88. The molecule has 0 bridgehead atoms. The summed E-state index contributed by atoms with van der Waals surface area (Å²) in [6.07, 6.45) is 3.75. The van der Waals surface area contributed by atoms with Gasteiger partial charge in [-0.2, -0.15) is 5.10 Å². The van der Waals surface area contributed by atoms with Gasteiger partial charge >= 0.3 is 0 Å². The summed E-state index contributed by atoms with van der Waals surface area (Å²) < 4.78 is 27.2. The van der Waals surface area contributed by atoms with Crippen molar-refractivity contribution in [2.75, 3.05) is 19.3 Å². The molecule has 0 saturated heterocycles. The Morgan fingerprint density at radius 3 is 2.64 bits per heavy atom. The van der Waals surface area contributed by atoms with Gasteiger partial charge in [-0.1, -0.05) is 29.3 Å². The maximum atomic E-state index is 11.3. The van der Waals surface area contributed by atoms with Gasteiger partial charge in [0, 0.05) is 32.4 Å². The van der Waals surface area contributed by atoms with Gasteiger partial charge in [-0.3, -0.25) is 9.58 Å². The van der Waals surface area contributed by atoms with Crippen molar-refractivity contribution in [2.45, 2.75) is 39.4 Å². The standard InChI is InChI=1S/C18H26N4O2S/c1-14-8-15(2)10-16(9-14)11-21-12-17-4-6-19-22(17)18(13-21)5-7-20-25(3,23)24/h4,6,8-10,18,20H,5,7,11-13H2,1-3H3. The quantitative estimate of drug-likeness (QED) is 0.853. The number of hydrogen-bond donors (Lipinski definition) is 1. The van der Waals surface area contributed by atoms with Crippen LogP contribution in [0.5, 0.6) is 0 Å². The van der Waals surface area contributed by atoms with Crippen LogP contribution in [-0.2, 0) is 23.1 Å². The number of sulfonamides is 1. The number of fused-ring (bicyclic) bond motifs is 1. The molecule has 1 aromatic carbocycles. The van der Waals surface area contributed by atoms with Gasteiger partial charge in [-0.25, -0.2) is 13.1 Å². The number of aromatic nitrogens is 2. The molecule has 1 aliphatic rings. The first-order valence-electron chi connectivity index (χ1n) is 8.57. The Balaban J connectivity index is 1.70. The summed E-state index contributed by atoms with van der Waals surface area (Å²) in [7, 11) is -3.15. The average molecular weight is 362 g/mol. The fourth-order valence-corrected chi connectivity index (χ4v) is 4.12. The van der Waals surface area contributed by atoms with Crippen molar-refractivity contribution in [3.63, 3.8) is 0 Å². The van der Waals surface area contributed by atoms with E-state index in [-0.39, 0.29) is 6.04 Å². The second-order valence-corrected chi connectivity index (χ2v) is 8.87. The molecule has 7 heteroatoms. The van der Waals surface area contributed by atoms with Crippen LogP contribution in [0.4, 0.5) is 0 Å². The van der Waals surface area contributed by atoms with Crippen LogP contribution in [-0.4, -0.2) is 42.4 Å². The molecule has 2 heterocycles. The van der Waals surface area contributed by atoms with E-state index in [0.29, 0.717) is 6.54 Å². The molecule has 2 aromatic rings. The summed E-state index contributed by atoms with van der Waals surface area (Å²) in [6, 6.07) is 8.89. The average Bonchev–Trinajstić information content (AvgIpc) is 2.93. The Labute approximate surface area is 149 Å². The van der Waals surface area contributed by atoms with E-state index in [1.54, 1.807) is 0 Å². The van der Waals surface area contributed by atoms with Crippen LogP contribution < -0.4 is 4.72 Å². The molecule has 0 radical (unpaired) electrons. The molecule has 1 atom stereocenters. The van der Waals surface area contributed by atoms with E-state index in [0.717, 1.165) is 26.1 Å². The van der Waals surface area contributed by atoms with Crippen LogP contribution >= 0.6 is 0 Å². The van der Waals surface area contributed by atoms with E-state index in [9.17, 15) is 8.42 Å². The van der Waals surface area contributed by atoms with Gasteiger partial charge in [0.25, 0.3) is 0 Å². The van der Waals surface area contributed by atoms with Crippen LogP contribution in [0, 0.1) is 13.8 Å². The summed E-state index contributed by atoms with van der Waals surface area (Å²) in [5.74, 6) is 0. The van der Waals surface area contributed by atoms with Crippen molar-refractivity contribution in [1.82, 2.24) is 19.4 Å². The van der Waals surface area contributed by atoms with Crippen molar-refractivity contribution >= 4 is 10.0 Å². The number of aryl methyl sites for hydroxylation is 2. The van der Waals surface area contributed by atoms with Gasteiger partial charge in [-0.15, -0.1) is 0 Å². The molecule has 6 nitrogen and oxygen atoms in total. The third kappa shape index (κ3) is 4.90. The first-order chi connectivity index (χ1) is 11.8. The van der Waals surface area contributed by atoms with Gasteiger partial charge in [0.05, 0.1) is 18.0 Å². The van der Waals surface area contributed by atoms with Gasteiger partial charge in [0.2, 0.25) is 10.0 Å². The minimum Gasteiger partial charge on any atom is -0.291 e. The highest BCUT2D eigenvalue weighted by atomic mass is 32.2. The van der Waals surface area contributed by atoms with Crippen LogP contribution in [0.15, 0.2) is 30.5 Å². The van der Waals surface area contributed by atoms with Gasteiger partial charge < -0.3 is 0 Å². The Kier molecular flexibility index (Phi) is 5.27. The molecule has 3 rings (SSSR count). The first-order valence-corrected chi connectivity index (χ1v) is 10.5. The zero-order chi connectivity index (χ0) is 18.0. The maximum absolute atomic E-state index is 11.3. The molecule has 0 fully saturated rings. The van der Waals surface area contributed by atoms with Crippen molar-refractivity contribution < 1.29 is 8.42 Å². The summed E-state index contributed by atoms with van der Waals surface area (Å²) >= 11 is 0. The van der Waals surface area contributed by atoms with E-state index in [1.807, 2.05) is 16.9 Å². The molecule has 25 heavy (non-hydrogen) atoms. The molecule has 0 aliphatic carbocycles. The summed E-state index contributed by atoms with van der Waals surface area (Å²) in [4.78, 5) is 2.41. The van der Waals surface area contributed by atoms with E-state index < -0.39 is 10.0 Å². The fraction of sp³-hybridized carbons (Fsp3) is 0.500. The van der Waals surface area contributed by atoms with Crippen molar-refractivity contribution in [1.29, 1.82) is 0 Å². The lowest BCUT2D eigenvalue weighted by Crippen LogP contribution is -2.38. The zero-order valence-electron chi connectivity index (χ0n) is 15.1. The smallest absolute Gasteiger partial charge is 0.208 e. The second-order valence-electron chi connectivity index (χ2n) is 7.04. The molecule has 0 spiro atoms. The van der Waals surface area contributed by atoms with Crippen LogP contribution in [0.3, 0.4) is 0 Å². The van der Waals surface area contributed by atoms with Crippen LogP contribution in [0.1, 0.15) is 34.8 Å². The van der Waals surface area contributed by atoms with E-state index in [2.05, 4.69) is 46.8 Å². The molecule has 1 N–H and O–H groups in total. The summed E-state index contributed by atoms with van der Waals surface area (Å²) in [6.45, 7) is 7.31. The Morgan fingerprint density at radius 2 is 1.96 bits per heavy atom. The first kappa shape index (κ1) is 18.1. The molecule has 1 aliphatic heterocycles. The highest BCUT2D eigenvalue weighted by Crippen LogP contribution is 2.24. The third-order valence-corrected chi connectivity index (χ3v) is 5.21. The number of benzene rings is 1. The SMILES string of the molecule is Cc1cc(C)cc(CN2Cc3ccnn3C(CCNS(C)(=O)=O)C2)c1. The summed E-state index contributed by atoms with van der Waals surface area (Å²) in [5, 5.41) is 4.44. The van der Waals surface area contributed by atoms with Crippen LogP contribution in [0.2, 0.25) is 0 Å². The van der Waals surface area contributed by atoms with Gasteiger partial charge in [0.15, 0.2) is 0 Å². The Hall–Kier alpha value is -1.70. The number of nitrogens with one attached hydrogen (secondary N) is 1. The van der Waals surface area contributed by atoms with Crippen molar-refractivity contribution in [3.05, 3.63) is 52.8 Å². The third-order valence-electron chi connectivity index (χ3n) is 4.48. The maximum Gasteiger partial charge on any atom is 0.208 e. The Bertz CT molecular complexity index is 824. The molecular formula is C18H26N4O2S. The second kappa shape index (κ2) is 7.27. The largest absolute Gasteiger partial charge is 0.291 e. The molecular weight excluding hydrogens is 336 g/mol. The number of nitrogens with zero attached hydrogens (tertiary/aromatic N) is 3. The lowest BCUT2D eigenvalue weighted by atomic mass is 10.1. The zero-order valence-corrected chi connectivity index (χ0v) is 15.9. The topological polar surface area (TPSA) is 67.2 Å². The molecule has 0 saturated carbocycles. The Morgan fingerprint density at radius 1 is 1.24 bits per heavy atom. The molecule has 136 valence electrons. The summed E-state index contributed by atoms with van der Waals surface area (Å²) in [5.41, 5.74) is 5.07. The van der Waals surface area contributed by atoms with E-state index in [4.69, 9.17) is 0 Å². The number of rotatable bonds is 6. The monoisotopic (exact) mass is 362 g/mol.